The number of hydrogen-bond donors (Lipinski definition) is 2. The molecule has 1 heterocycles. The lowest BCUT2D eigenvalue weighted by molar-refractivity contribution is 0.295. The van der Waals surface area contributed by atoms with Gasteiger partial charge in [-0.2, -0.15) is 0 Å². The quantitative estimate of drug-likeness (QED) is 0.675. The maximum atomic E-state index is 3.64. The topological polar surface area (TPSA) is 27.3 Å². The molecular formula is C10H23N3. The minimum Gasteiger partial charge on any atom is -0.308 e. The van der Waals surface area contributed by atoms with Crippen molar-refractivity contribution in [3.63, 3.8) is 0 Å². The summed E-state index contributed by atoms with van der Waals surface area (Å²) in [4.78, 5) is 2.45. The van der Waals surface area contributed by atoms with Crippen molar-refractivity contribution >= 4 is 0 Å². The second-order valence-electron chi connectivity index (χ2n) is 4.97. The van der Waals surface area contributed by atoms with Gasteiger partial charge in [0.15, 0.2) is 0 Å². The van der Waals surface area contributed by atoms with Crippen molar-refractivity contribution in [1.29, 1.82) is 0 Å². The Hall–Kier alpha value is -0.120. The molecule has 1 unspecified atom stereocenters. The normalized spacial score (nSPS) is 25.4. The third-order valence-corrected chi connectivity index (χ3v) is 2.29. The third kappa shape index (κ3) is 4.07. The summed E-state index contributed by atoms with van der Waals surface area (Å²) in [6.45, 7) is 10.1. The highest BCUT2D eigenvalue weighted by Crippen LogP contribution is 2.11. The Balaban J connectivity index is 2.25. The number of rotatable bonds is 3. The molecule has 1 aliphatic rings. The standard InChI is InChI=1S/C10H23N3/c1-10(2,3)12-9-5-6-13(7-9)8-11-4/h9,11-12H,5-8H2,1-4H3. The summed E-state index contributed by atoms with van der Waals surface area (Å²) in [5.41, 5.74) is 0.250. The molecule has 1 saturated heterocycles. The Morgan fingerprint density at radius 2 is 2.08 bits per heavy atom. The monoisotopic (exact) mass is 185 g/mol. The van der Waals surface area contributed by atoms with E-state index >= 15 is 0 Å². The van der Waals surface area contributed by atoms with Crippen LogP contribution in [0.15, 0.2) is 0 Å². The smallest absolute Gasteiger partial charge is 0.0478 e. The first-order valence-electron chi connectivity index (χ1n) is 5.16. The van der Waals surface area contributed by atoms with E-state index in [0.29, 0.717) is 6.04 Å². The average Bonchev–Trinajstić information content (AvgIpc) is 2.33. The molecule has 0 spiro atoms. The van der Waals surface area contributed by atoms with Gasteiger partial charge < -0.3 is 10.6 Å². The molecule has 1 rings (SSSR count). The second-order valence-corrected chi connectivity index (χ2v) is 4.97. The first-order valence-corrected chi connectivity index (χ1v) is 5.16. The molecule has 0 bridgehead atoms. The van der Waals surface area contributed by atoms with Crippen molar-refractivity contribution < 1.29 is 0 Å². The van der Waals surface area contributed by atoms with Gasteiger partial charge in [-0.1, -0.05) is 0 Å². The average molecular weight is 185 g/mol. The number of nitrogens with one attached hydrogen (secondary N) is 2. The van der Waals surface area contributed by atoms with Crippen LogP contribution in [0, 0.1) is 0 Å². The lowest BCUT2D eigenvalue weighted by Crippen LogP contribution is -2.45. The van der Waals surface area contributed by atoms with Crippen LogP contribution in [0.4, 0.5) is 0 Å². The van der Waals surface area contributed by atoms with Crippen LogP contribution in [-0.4, -0.2) is 43.3 Å². The maximum absolute atomic E-state index is 3.64. The van der Waals surface area contributed by atoms with Crippen LogP contribution >= 0.6 is 0 Å². The molecule has 0 aromatic carbocycles. The van der Waals surface area contributed by atoms with E-state index in [-0.39, 0.29) is 5.54 Å². The molecule has 0 aromatic rings. The summed E-state index contributed by atoms with van der Waals surface area (Å²) in [5.74, 6) is 0. The summed E-state index contributed by atoms with van der Waals surface area (Å²) >= 11 is 0. The Labute approximate surface area is 81.9 Å². The summed E-state index contributed by atoms with van der Waals surface area (Å²) in [6, 6.07) is 0.674. The first-order chi connectivity index (χ1) is 6.01. The molecule has 1 fully saturated rings. The van der Waals surface area contributed by atoms with Crippen molar-refractivity contribution in [3.8, 4) is 0 Å². The molecule has 0 aliphatic carbocycles. The summed E-state index contributed by atoms with van der Waals surface area (Å²) in [5, 5.41) is 6.83. The molecule has 3 heteroatoms. The van der Waals surface area contributed by atoms with Crippen LogP contribution in [0.3, 0.4) is 0 Å². The van der Waals surface area contributed by atoms with Crippen molar-refractivity contribution in [2.24, 2.45) is 0 Å². The van der Waals surface area contributed by atoms with Crippen LogP contribution in [0.25, 0.3) is 0 Å². The van der Waals surface area contributed by atoms with Gasteiger partial charge in [0.2, 0.25) is 0 Å². The fourth-order valence-electron chi connectivity index (χ4n) is 1.93. The maximum Gasteiger partial charge on any atom is 0.0478 e. The first kappa shape index (κ1) is 11.0. The molecule has 0 aromatic heterocycles. The molecule has 13 heavy (non-hydrogen) atoms. The van der Waals surface area contributed by atoms with Gasteiger partial charge >= 0.3 is 0 Å². The highest BCUT2D eigenvalue weighted by molar-refractivity contribution is 4.85. The summed E-state index contributed by atoms with van der Waals surface area (Å²) in [7, 11) is 2.00. The van der Waals surface area contributed by atoms with E-state index < -0.39 is 0 Å². The number of nitrogens with zero attached hydrogens (tertiary/aromatic N) is 1. The van der Waals surface area contributed by atoms with Gasteiger partial charge in [0.1, 0.15) is 0 Å². The van der Waals surface area contributed by atoms with Crippen molar-refractivity contribution in [3.05, 3.63) is 0 Å². The van der Waals surface area contributed by atoms with Gasteiger partial charge in [0.05, 0.1) is 0 Å². The van der Waals surface area contributed by atoms with Crippen LogP contribution < -0.4 is 10.6 Å². The van der Waals surface area contributed by atoms with E-state index in [0.717, 1.165) is 6.67 Å². The van der Waals surface area contributed by atoms with Crippen LogP contribution in [0.1, 0.15) is 27.2 Å². The third-order valence-electron chi connectivity index (χ3n) is 2.29. The summed E-state index contributed by atoms with van der Waals surface area (Å²) in [6.07, 6.45) is 1.28. The van der Waals surface area contributed by atoms with Gasteiger partial charge in [-0.05, 0) is 34.2 Å². The Kier molecular flexibility index (Phi) is 3.71. The van der Waals surface area contributed by atoms with Crippen LogP contribution in [0.2, 0.25) is 0 Å². The van der Waals surface area contributed by atoms with E-state index in [2.05, 4.69) is 36.3 Å². The van der Waals surface area contributed by atoms with Crippen molar-refractivity contribution in [2.75, 3.05) is 26.8 Å². The van der Waals surface area contributed by atoms with Crippen LogP contribution in [-0.2, 0) is 0 Å². The van der Waals surface area contributed by atoms with E-state index in [1.54, 1.807) is 0 Å². The number of hydrogen-bond acceptors (Lipinski definition) is 3. The predicted molar refractivity (Wildman–Crippen MR) is 56.8 cm³/mol. The van der Waals surface area contributed by atoms with Gasteiger partial charge in [0.25, 0.3) is 0 Å². The zero-order valence-corrected chi connectivity index (χ0v) is 9.35. The molecule has 0 saturated carbocycles. The van der Waals surface area contributed by atoms with Crippen molar-refractivity contribution in [1.82, 2.24) is 15.5 Å². The van der Waals surface area contributed by atoms with E-state index in [4.69, 9.17) is 0 Å². The zero-order chi connectivity index (χ0) is 9.90. The molecule has 0 amide bonds. The van der Waals surface area contributed by atoms with Crippen molar-refractivity contribution in [2.45, 2.75) is 38.8 Å². The number of likely N-dealkylation sites (tertiary alicyclic amines) is 1. The molecule has 1 atom stereocenters. The molecule has 2 N–H and O–H groups in total. The fourth-order valence-corrected chi connectivity index (χ4v) is 1.93. The highest BCUT2D eigenvalue weighted by Gasteiger charge is 2.24. The minimum absolute atomic E-state index is 0.250. The zero-order valence-electron chi connectivity index (χ0n) is 9.35. The van der Waals surface area contributed by atoms with Gasteiger partial charge in [-0.25, -0.2) is 0 Å². The van der Waals surface area contributed by atoms with Gasteiger partial charge in [-0.15, -0.1) is 0 Å². The molecule has 1 aliphatic heterocycles. The summed E-state index contributed by atoms with van der Waals surface area (Å²) < 4.78 is 0. The van der Waals surface area contributed by atoms with E-state index in [1.807, 2.05) is 7.05 Å². The fraction of sp³-hybridized carbons (Fsp3) is 1.00. The van der Waals surface area contributed by atoms with Gasteiger partial charge in [-0.3, -0.25) is 4.90 Å². The highest BCUT2D eigenvalue weighted by atomic mass is 15.3. The lowest BCUT2D eigenvalue weighted by atomic mass is 10.1. The largest absolute Gasteiger partial charge is 0.308 e. The Bertz CT molecular complexity index is 151. The molecule has 78 valence electrons. The SMILES string of the molecule is CNCN1CCC(NC(C)(C)C)C1. The molecule has 3 nitrogen and oxygen atoms in total. The van der Waals surface area contributed by atoms with Gasteiger partial charge in [0, 0.05) is 31.3 Å². The Morgan fingerprint density at radius 1 is 1.38 bits per heavy atom. The lowest BCUT2D eigenvalue weighted by Gasteiger charge is -2.26. The minimum atomic E-state index is 0.250. The van der Waals surface area contributed by atoms with E-state index in [9.17, 15) is 0 Å². The van der Waals surface area contributed by atoms with E-state index in [1.165, 1.54) is 19.5 Å². The van der Waals surface area contributed by atoms with Crippen LogP contribution in [0.5, 0.6) is 0 Å². The Morgan fingerprint density at radius 3 is 2.62 bits per heavy atom. The predicted octanol–water partition coefficient (Wildman–Crippen LogP) is 0.626. The second kappa shape index (κ2) is 4.40. The molecular weight excluding hydrogens is 162 g/mol. The molecule has 0 radical (unpaired) electrons.